The van der Waals surface area contributed by atoms with E-state index in [9.17, 15) is 4.39 Å². The van der Waals surface area contributed by atoms with Crippen LogP contribution in [-0.2, 0) is 6.42 Å². The van der Waals surface area contributed by atoms with Crippen LogP contribution in [0.15, 0.2) is 36.7 Å². The summed E-state index contributed by atoms with van der Waals surface area (Å²) in [4.78, 5) is 0. The van der Waals surface area contributed by atoms with Gasteiger partial charge < -0.3 is 5.73 Å². The molecule has 1 aromatic carbocycles. The highest BCUT2D eigenvalue weighted by Crippen LogP contribution is 2.20. The third-order valence-electron chi connectivity index (χ3n) is 2.49. The van der Waals surface area contributed by atoms with Crippen molar-refractivity contribution in [2.75, 3.05) is 0 Å². The van der Waals surface area contributed by atoms with Gasteiger partial charge in [0.25, 0.3) is 0 Å². The summed E-state index contributed by atoms with van der Waals surface area (Å²) in [6.45, 7) is 0. The number of nitrogens with two attached hydrogens (primary N) is 1. The van der Waals surface area contributed by atoms with Crippen LogP contribution in [-0.4, -0.2) is 10.2 Å². The number of hydrogen-bond acceptors (Lipinski definition) is 3. The standard InChI is InChI=1S/C12H11ClFN3/c13-10-2-1-8(11(14)6-10)5-12(15)9-3-4-16-17-7-9/h1-4,6-7,12H,5,15H2. The number of hydrogen-bond donors (Lipinski definition) is 1. The summed E-state index contributed by atoms with van der Waals surface area (Å²) in [5.74, 6) is -0.338. The van der Waals surface area contributed by atoms with Crippen LogP contribution in [0, 0.1) is 5.82 Å². The average molecular weight is 252 g/mol. The van der Waals surface area contributed by atoms with Crippen LogP contribution >= 0.6 is 11.6 Å². The van der Waals surface area contributed by atoms with Crippen molar-refractivity contribution in [1.82, 2.24) is 10.2 Å². The Hall–Kier alpha value is -1.52. The van der Waals surface area contributed by atoms with E-state index in [0.29, 0.717) is 17.0 Å². The zero-order chi connectivity index (χ0) is 12.3. The average Bonchev–Trinajstić information content (AvgIpc) is 2.34. The molecular formula is C12H11ClFN3. The van der Waals surface area contributed by atoms with E-state index in [1.54, 1.807) is 30.6 Å². The highest BCUT2D eigenvalue weighted by Gasteiger charge is 2.10. The molecule has 0 radical (unpaired) electrons. The molecule has 17 heavy (non-hydrogen) atoms. The van der Waals surface area contributed by atoms with Crippen molar-refractivity contribution in [3.8, 4) is 0 Å². The minimum Gasteiger partial charge on any atom is -0.324 e. The first-order valence-electron chi connectivity index (χ1n) is 5.13. The van der Waals surface area contributed by atoms with Crippen LogP contribution < -0.4 is 5.73 Å². The minimum atomic E-state index is -0.338. The molecule has 0 spiro atoms. The van der Waals surface area contributed by atoms with Crippen molar-refractivity contribution in [2.24, 2.45) is 5.73 Å². The Morgan fingerprint density at radius 3 is 2.76 bits per heavy atom. The summed E-state index contributed by atoms with van der Waals surface area (Å²) < 4.78 is 13.6. The summed E-state index contributed by atoms with van der Waals surface area (Å²) in [5.41, 5.74) is 7.34. The predicted molar refractivity (Wildman–Crippen MR) is 64.1 cm³/mol. The van der Waals surface area contributed by atoms with E-state index in [1.807, 2.05) is 0 Å². The minimum absolute atomic E-state index is 0.304. The summed E-state index contributed by atoms with van der Waals surface area (Å²) in [6, 6.07) is 6.05. The second-order valence-electron chi connectivity index (χ2n) is 3.72. The molecule has 88 valence electrons. The molecule has 0 saturated carbocycles. The van der Waals surface area contributed by atoms with Gasteiger partial charge in [-0.2, -0.15) is 10.2 Å². The summed E-state index contributed by atoms with van der Waals surface area (Å²) in [6.07, 6.45) is 3.54. The molecule has 2 N–H and O–H groups in total. The number of rotatable bonds is 3. The third kappa shape index (κ3) is 2.99. The molecule has 1 aromatic heterocycles. The number of nitrogens with zero attached hydrogens (tertiary/aromatic N) is 2. The Morgan fingerprint density at radius 1 is 1.29 bits per heavy atom. The van der Waals surface area contributed by atoms with Crippen LogP contribution in [0.4, 0.5) is 4.39 Å². The van der Waals surface area contributed by atoms with Gasteiger partial charge in [0.15, 0.2) is 0 Å². The van der Waals surface area contributed by atoms with Crippen LogP contribution in [0.25, 0.3) is 0 Å². The Kier molecular flexibility index (Phi) is 3.66. The van der Waals surface area contributed by atoms with E-state index in [-0.39, 0.29) is 11.9 Å². The van der Waals surface area contributed by atoms with Gasteiger partial charge in [-0.05, 0) is 35.7 Å². The maximum Gasteiger partial charge on any atom is 0.127 e. The maximum absolute atomic E-state index is 13.6. The lowest BCUT2D eigenvalue weighted by Crippen LogP contribution is -2.14. The largest absolute Gasteiger partial charge is 0.324 e. The molecule has 1 atom stereocenters. The van der Waals surface area contributed by atoms with Crippen molar-refractivity contribution in [1.29, 1.82) is 0 Å². The Balaban J connectivity index is 2.16. The first-order chi connectivity index (χ1) is 8.16. The zero-order valence-corrected chi connectivity index (χ0v) is 9.73. The molecule has 2 aromatic rings. The molecule has 1 heterocycles. The number of benzene rings is 1. The highest BCUT2D eigenvalue weighted by atomic mass is 35.5. The van der Waals surface area contributed by atoms with Crippen molar-refractivity contribution < 1.29 is 4.39 Å². The Labute approximate surface area is 103 Å². The summed E-state index contributed by atoms with van der Waals surface area (Å²) >= 11 is 5.68. The first kappa shape index (κ1) is 12.0. The SMILES string of the molecule is NC(Cc1ccc(Cl)cc1F)c1ccnnc1. The second-order valence-corrected chi connectivity index (χ2v) is 4.16. The second kappa shape index (κ2) is 5.21. The van der Waals surface area contributed by atoms with Gasteiger partial charge in [-0.25, -0.2) is 4.39 Å². The molecule has 0 fully saturated rings. The van der Waals surface area contributed by atoms with Gasteiger partial charge in [0, 0.05) is 17.3 Å². The molecule has 0 aliphatic heterocycles. The quantitative estimate of drug-likeness (QED) is 0.912. The van der Waals surface area contributed by atoms with Gasteiger partial charge in [0.2, 0.25) is 0 Å². The molecule has 0 bridgehead atoms. The zero-order valence-electron chi connectivity index (χ0n) is 8.98. The van der Waals surface area contributed by atoms with Gasteiger partial charge in [0.05, 0.1) is 6.20 Å². The molecular weight excluding hydrogens is 241 g/mol. The van der Waals surface area contributed by atoms with Crippen LogP contribution in [0.5, 0.6) is 0 Å². The fourth-order valence-corrected chi connectivity index (χ4v) is 1.72. The molecule has 0 aliphatic rings. The number of aromatic nitrogens is 2. The molecule has 1 unspecified atom stereocenters. The smallest absolute Gasteiger partial charge is 0.127 e. The van der Waals surface area contributed by atoms with Gasteiger partial charge in [-0.1, -0.05) is 17.7 Å². The van der Waals surface area contributed by atoms with Crippen molar-refractivity contribution in [2.45, 2.75) is 12.5 Å². The van der Waals surface area contributed by atoms with Gasteiger partial charge in [-0.15, -0.1) is 0 Å². The molecule has 0 amide bonds. The van der Waals surface area contributed by atoms with Crippen molar-refractivity contribution in [3.63, 3.8) is 0 Å². The van der Waals surface area contributed by atoms with Gasteiger partial charge in [-0.3, -0.25) is 0 Å². The predicted octanol–water partition coefficient (Wildman–Crippen LogP) is 2.51. The summed E-state index contributed by atoms with van der Waals surface area (Å²) in [7, 11) is 0. The first-order valence-corrected chi connectivity index (χ1v) is 5.50. The lowest BCUT2D eigenvalue weighted by molar-refractivity contribution is 0.592. The Bertz CT molecular complexity index is 504. The lowest BCUT2D eigenvalue weighted by Gasteiger charge is -2.11. The lowest BCUT2D eigenvalue weighted by atomic mass is 10.0. The van der Waals surface area contributed by atoms with E-state index >= 15 is 0 Å². The van der Waals surface area contributed by atoms with E-state index < -0.39 is 0 Å². The van der Waals surface area contributed by atoms with Gasteiger partial charge >= 0.3 is 0 Å². The highest BCUT2D eigenvalue weighted by molar-refractivity contribution is 6.30. The van der Waals surface area contributed by atoms with E-state index in [1.165, 1.54) is 6.07 Å². The fourth-order valence-electron chi connectivity index (χ4n) is 1.56. The fraction of sp³-hybridized carbons (Fsp3) is 0.167. The Morgan fingerprint density at radius 2 is 2.12 bits per heavy atom. The van der Waals surface area contributed by atoms with Crippen LogP contribution in [0.2, 0.25) is 5.02 Å². The summed E-state index contributed by atoms with van der Waals surface area (Å²) in [5, 5.41) is 7.79. The van der Waals surface area contributed by atoms with E-state index in [4.69, 9.17) is 17.3 Å². The molecule has 2 rings (SSSR count). The van der Waals surface area contributed by atoms with E-state index in [2.05, 4.69) is 10.2 Å². The maximum atomic E-state index is 13.6. The van der Waals surface area contributed by atoms with Gasteiger partial charge in [0.1, 0.15) is 5.82 Å². The topological polar surface area (TPSA) is 51.8 Å². The monoisotopic (exact) mass is 251 g/mol. The van der Waals surface area contributed by atoms with Crippen molar-refractivity contribution in [3.05, 3.63) is 58.6 Å². The van der Waals surface area contributed by atoms with Crippen LogP contribution in [0.3, 0.4) is 0 Å². The van der Waals surface area contributed by atoms with E-state index in [0.717, 1.165) is 5.56 Å². The van der Waals surface area contributed by atoms with Crippen LogP contribution in [0.1, 0.15) is 17.2 Å². The number of halogens is 2. The molecule has 0 saturated heterocycles. The van der Waals surface area contributed by atoms with Crippen molar-refractivity contribution >= 4 is 11.6 Å². The molecule has 0 aliphatic carbocycles. The molecule has 5 heteroatoms. The third-order valence-corrected chi connectivity index (χ3v) is 2.73. The normalized spacial score (nSPS) is 12.4. The molecule has 3 nitrogen and oxygen atoms in total.